The molecular formula is C20H23NO2. The van der Waals surface area contributed by atoms with Gasteiger partial charge in [-0.3, -0.25) is 4.79 Å². The van der Waals surface area contributed by atoms with Gasteiger partial charge in [0.15, 0.2) is 5.78 Å². The summed E-state index contributed by atoms with van der Waals surface area (Å²) in [5.74, 6) is 0.877. The minimum absolute atomic E-state index is 0.105. The summed E-state index contributed by atoms with van der Waals surface area (Å²) in [6.07, 6.45) is 0. The molecule has 0 spiro atoms. The standard InChI is InChI=1S/C20H23NO2/c1-4-21(5-2)10-11-23-15-7-9-17-16-8-6-14(3)12-18(16)20(22)19(17)13-15/h6-9,12-13H,4-5,10-11H2,1-3H3. The second-order valence-electron chi connectivity index (χ2n) is 5.96. The Morgan fingerprint density at radius 2 is 1.57 bits per heavy atom. The molecule has 1 aliphatic carbocycles. The number of ketones is 1. The van der Waals surface area contributed by atoms with Crippen molar-refractivity contribution >= 4 is 5.78 Å². The van der Waals surface area contributed by atoms with Crippen molar-refractivity contribution in [1.82, 2.24) is 4.90 Å². The first-order valence-corrected chi connectivity index (χ1v) is 8.29. The monoisotopic (exact) mass is 309 g/mol. The smallest absolute Gasteiger partial charge is 0.194 e. The van der Waals surface area contributed by atoms with E-state index in [-0.39, 0.29) is 5.78 Å². The maximum Gasteiger partial charge on any atom is 0.194 e. The number of aryl methyl sites for hydroxylation is 1. The summed E-state index contributed by atoms with van der Waals surface area (Å²) in [5, 5.41) is 0. The van der Waals surface area contributed by atoms with Crippen molar-refractivity contribution in [1.29, 1.82) is 0 Å². The van der Waals surface area contributed by atoms with Gasteiger partial charge in [-0.05, 0) is 55.4 Å². The fraction of sp³-hybridized carbons (Fsp3) is 0.350. The van der Waals surface area contributed by atoms with Crippen LogP contribution < -0.4 is 4.74 Å². The van der Waals surface area contributed by atoms with Crippen LogP contribution in [0.2, 0.25) is 0 Å². The molecule has 3 heteroatoms. The van der Waals surface area contributed by atoms with Crippen LogP contribution in [0.15, 0.2) is 36.4 Å². The van der Waals surface area contributed by atoms with Gasteiger partial charge in [-0.2, -0.15) is 0 Å². The summed E-state index contributed by atoms with van der Waals surface area (Å²) in [4.78, 5) is 14.9. The number of hydrogen-bond donors (Lipinski definition) is 0. The summed E-state index contributed by atoms with van der Waals surface area (Å²) in [6.45, 7) is 9.90. The van der Waals surface area contributed by atoms with E-state index < -0.39 is 0 Å². The minimum Gasteiger partial charge on any atom is -0.492 e. The Morgan fingerprint density at radius 1 is 0.913 bits per heavy atom. The normalized spacial score (nSPS) is 12.4. The van der Waals surface area contributed by atoms with Gasteiger partial charge in [0.1, 0.15) is 12.4 Å². The van der Waals surface area contributed by atoms with E-state index in [1.165, 1.54) is 0 Å². The van der Waals surface area contributed by atoms with Crippen LogP contribution in [0.4, 0.5) is 0 Å². The lowest BCUT2D eigenvalue weighted by Crippen LogP contribution is -2.27. The van der Waals surface area contributed by atoms with E-state index in [1.54, 1.807) is 0 Å². The molecule has 1 aliphatic rings. The van der Waals surface area contributed by atoms with Gasteiger partial charge < -0.3 is 9.64 Å². The van der Waals surface area contributed by atoms with Gasteiger partial charge in [0.25, 0.3) is 0 Å². The van der Waals surface area contributed by atoms with E-state index >= 15 is 0 Å². The average Bonchev–Trinajstić information content (AvgIpc) is 2.84. The fourth-order valence-electron chi connectivity index (χ4n) is 3.09. The first kappa shape index (κ1) is 15.8. The molecule has 3 nitrogen and oxygen atoms in total. The molecule has 2 aromatic rings. The lowest BCUT2D eigenvalue weighted by atomic mass is 10.0. The Labute approximate surface area is 137 Å². The van der Waals surface area contributed by atoms with Crippen LogP contribution in [0.5, 0.6) is 5.75 Å². The highest BCUT2D eigenvalue weighted by Crippen LogP contribution is 2.38. The molecule has 0 bridgehead atoms. The highest BCUT2D eigenvalue weighted by atomic mass is 16.5. The number of carbonyl (C=O) groups is 1. The summed E-state index contributed by atoms with van der Waals surface area (Å²) >= 11 is 0. The Morgan fingerprint density at radius 3 is 2.26 bits per heavy atom. The van der Waals surface area contributed by atoms with E-state index in [2.05, 4.69) is 24.8 Å². The van der Waals surface area contributed by atoms with Crippen molar-refractivity contribution in [2.75, 3.05) is 26.2 Å². The van der Waals surface area contributed by atoms with Crippen LogP contribution in [0.1, 0.15) is 35.3 Å². The highest BCUT2D eigenvalue weighted by molar-refractivity contribution is 6.21. The Bertz CT molecular complexity index is 732. The van der Waals surface area contributed by atoms with Crippen molar-refractivity contribution < 1.29 is 9.53 Å². The van der Waals surface area contributed by atoms with Crippen molar-refractivity contribution in [3.05, 3.63) is 53.1 Å². The molecule has 0 amide bonds. The molecule has 0 radical (unpaired) electrons. The Hall–Kier alpha value is -2.13. The Kier molecular flexibility index (Phi) is 4.49. The van der Waals surface area contributed by atoms with Crippen LogP contribution in [0.25, 0.3) is 11.1 Å². The summed E-state index contributed by atoms with van der Waals surface area (Å²) in [5.41, 5.74) is 4.72. The molecule has 2 aromatic carbocycles. The van der Waals surface area contributed by atoms with Crippen LogP contribution in [-0.4, -0.2) is 36.9 Å². The maximum absolute atomic E-state index is 12.6. The second kappa shape index (κ2) is 6.55. The SMILES string of the molecule is CCN(CC)CCOc1ccc2c(c1)C(=O)c1cc(C)ccc1-2. The molecule has 0 N–H and O–H groups in total. The number of rotatable bonds is 6. The fourth-order valence-corrected chi connectivity index (χ4v) is 3.09. The first-order valence-electron chi connectivity index (χ1n) is 8.29. The van der Waals surface area contributed by atoms with Gasteiger partial charge in [-0.25, -0.2) is 0 Å². The third kappa shape index (κ3) is 3.02. The summed E-state index contributed by atoms with van der Waals surface area (Å²) < 4.78 is 5.84. The maximum atomic E-state index is 12.6. The van der Waals surface area contributed by atoms with Crippen molar-refractivity contribution in [3.8, 4) is 16.9 Å². The van der Waals surface area contributed by atoms with E-state index in [0.717, 1.165) is 53.2 Å². The van der Waals surface area contributed by atoms with Gasteiger partial charge in [0.2, 0.25) is 0 Å². The van der Waals surface area contributed by atoms with Gasteiger partial charge in [-0.15, -0.1) is 0 Å². The second-order valence-corrected chi connectivity index (χ2v) is 5.96. The quantitative estimate of drug-likeness (QED) is 0.691. The predicted octanol–water partition coefficient (Wildman–Crippen LogP) is 3.93. The number of ether oxygens (including phenoxy) is 1. The van der Waals surface area contributed by atoms with E-state index in [0.29, 0.717) is 6.61 Å². The van der Waals surface area contributed by atoms with Gasteiger partial charge in [0, 0.05) is 17.7 Å². The van der Waals surface area contributed by atoms with E-state index in [4.69, 9.17) is 4.74 Å². The van der Waals surface area contributed by atoms with E-state index in [1.807, 2.05) is 37.3 Å². The third-order valence-corrected chi connectivity index (χ3v) is 4.52. The lowest BCUT2D eigenvalue weighted by molar-refractivity contribution is 0.104. The summed E-state index contributed by atoms with van der Waals surface area (Å²) in [6, 6.07) is 11.9. The number of hydrogen-bond acceptors (Lipinski definition) is 3. The molecule has 0 aromatic heterocycles. The molecular weight excluding hydrogens is 286 g/mol. The Balaban J connectivity index is 1.77. The number of carbonyl (C=O) groups excluding carboxylic acids is 1. The van der Waals surface area contributed by atoms with Crippen molar-refractivity contribution in [2.24, 2.45) is 0 Å². The molecule has 0 fully saturated rings. The van der Waals surface area contributed by atoms with Gasteiger partial charge in [0.05, 0.1) is 0 Å². The molecule has 0 unspecified atom stereocenters. The zero-order chi connectivity index (χ0) is 16.4. The zero-order valence-corrected chi connectivity index (χ0v) is 14.1. The summed E-state index contributed by atoms with van der Waals surface area (Å²) in [7, 11) is 0. The van der Waals surface area contributed by atoms with Crippen molar-refractivity contribution in [2.45, 2.75) is 20.8 Å². The molecule has 0 atom stereocenters. The molecule has 120 valence electrons. The van der Waals surface area contributed by atoms with Gasteiger partial charge in [-0.1, -0.05) is 31.5 Å². The van der Waals surface area contributed by atoms with Crippen LogP contribution in [0.3, 0.4) is 0 Å². The largest absolute Gasteiger partial charge is 0.492 e. The average molecular weight is 309 g/mol. The molecule has 0 saturated carbocycles. The number of fused-ring (bicyclic) bond motifs is 3. The first-order chi connectivity index (χ1) is 11.1. The third-order valence-electron chi connectivity index (χ3n) is 4.52. The van der Waals surface area contributed by atoms with Gasteiger partial charge >= 0.3 is 0 Å². The molecule has 0 aliphatic heterocycles. The minimum atomic E-state index is 0.105. The molecule has 0 saturated heterocycles. The van der Waals surface area contributed by atoms with Crippen LogP contribution in [-0.2, 0) is 0 Å². The number of benzene rings is 2. The molecule has 3 rings (SSSR count). The van der Waals surface area contributed by atoms with Crippen molar-refractivity contribution in [3.63, 3.8) is 0 Å². The molecule has 23 heavy (non-hydrogen) atoms. The number of likely N-dealkylation sites (N-methyl/N-ethyl adjacent to an activating group) is 1. The van der Waals surface area contributed by atoms with Crippen LogP contribution in [0, 0.1) is 6.92 Å². The van der Waals surface area contributed by atoms with Crippen LogP contribution >= 0.6 is 0 Å². The number of nitrogens with zero attached hydrogens (tertiary/aromatic N) is 1. The molecule has 0 heterocycles. The topological polar surface area (TPSA) is 29.5 Å². The zero-order valence-electron chi connectivity index (χ0n) is 14.1. The van der Waals surface area contributed by atoms with E-state index in [9.17, 15) is 4.79 Å². The predicted molar refractivity (Wildman–Crippen MR) is 93.3 cm³/mol. The lowest BCUT2D eigenvalue weighted by Gasteiger charge is -2.18. The highest BCUT2D eigenvalue weighted by Gasteiger charge is 2.26.